The molecule has 34 heavy (non-hydrogen) atoms. The van der Waals surface area contributed by atoms with Gasteiger partial charge in [0.15, 0.2) is 0 Å². The van der Waals surface area contributed by atoms with E-state index in [2.05, 4.69) is 16.3 Å². The van der Waals surface area contributed by atoms with Gasteiger partial charge in [-0.15, -0.1) is 0 Å². The third kappa shape index (κ3) is 3.76. The molecule has 2 aliphatic heterocycles. The van der Waals surface area contributed by atoms with Gasteiger partial charge >= 0.3 is 6.03 Å². The van der Waals surface area contributed by atoms with Gasteiger partial charge in [0.1, 0.15) is 11.6 Å². The quantitative estimate of drug-likeness (QED) is 0.580. The zero-order valence-electron chi connectivity index (χ0n) is 19.2. The highest BCUT2D eigenvalue weighted by molar-refractivity contribution is 5.92. The molecule has 0 unspecified atom stereocenters. The van der Waals surface area contributed by atoms with Crippen LogP contribution in [0.2, 0.25) is 0 Å². The van der Waals surface area contributed by atoms with Crippen molar-refractivity contribution in [3.8, 4) is 16.9 Å². The summed E-state index contributed by atoms with van der Waals surface area (Å²) in [6.07, 6.45) is 0.791. The largest absolute Gasteiger partial charge is 0.495 e. The Morgan fingerprint density at radius 2 is 1.85 bits per heavy atom. The summed E-state index contributed by atoms with van der Waals surface area (Å²) in [7, 11) is 3.57. The van der Waals surface area contributed by atoms with Crippen molar-refractivity contribution in [1.82, 2.24) is 4.90 Å². The fraction of sp³-hybridized carbons (Fsp3) is 0.296. The van der Waals surface area contributed by atoms with Gasteiger partial charge < -0.3 is 25.0 Å². The van der Waals surface area contributed by atoms with Gasteiger partial charge in [-0.3, -0.25) is 0 Å². The summed E-state index contributed by atoms with van der Waals surface area (Å²) in [6.45, 7) is 0.597. The molecule has 3 atom stereocenters. The number of hydrogen-bond donors (Lipinski definition) is 2. The Labute approximate surface area is 198 Å². The van der Waals surface area contributed by atoms with Crippen molar-refractivity contribution >= 4 is 17.4 Å². The Morgan fingerprint density at radius 3 is 2.59 bits per heavy atom. The Morgan fingerprint density at radius 1 is 1.12 bits per heavy atom. The normalized spacial score (nSPS) is 21.1. The van der Waals surface area contributed by atoms with Crippen molar-refractivity contribution in [3.63, 3.8) is 0 Å². The Hall–Kier alpha value is -3.58. The number of nitrogens with zero attached hydrogens (tertiary/aromatic N) is 2. The monoisotopic (exact) mass is 461 g/mol. The van der Waals surface area contributed by atoms with Gasteiger partial charge in [0, 0.05) is 25.2 Å². The second-order valence-corrected chi connectivity index (χ2v) is 8.86. The van der Waals surface area contributed by atoms with Gasteiger partial charge in [-0.1, -0.05) is 30.3 Å². The fourth-order valence-electron chi connectivity index (χ4n) is 5.44. The second-order valence-electron chi connectivity index (χ2n) is 8.86. The smallest absolute Gasteiger partial charge is 0.322 e. The maximum atomic E-state index is 13.5. The number of carbonyl (C=O) groups excluding carboxylic acids is 1. The number of carbonyl (C=O) groups is 1. The first kappa shape index (κ1) is 22.2. The van der Waals surface area contributed by atoms with E-state index < -0.39 is 0 Å². The summed E-state index contributed by atoms with van der Waals surface area (Å²) in [4.78, 5) is 17.4. The molecule has 7 heteroatoms. The molecule has 0 bridgehead atoms. The summed E-state index contributed by atoms with van der Waals surface area (Å²) < 4.78 is 18.9. The van der Waals surface area contributed by atoms with E-state index in [1.54, 1.807) is 19.2 Å². The van der Waals surface area contributed by atoms with Crippen molar-refractivity contribution in [2.24, 2.45) is 5.92 Å². The van der Waals surface area contributed by atoms with Gasteiger partial charge in [-0.25, -0.2) is 9.18 Å². The molecule has 0 aromatic heterocycles. The molecule has 0 spiro atoms. The summed E-state index contributed by atoms with van der Waals surface area (Å²) in [5.41, 5.74) is 4.52. The minimum atomic E-state index is -0.276. The lowest BCUT2D eigenvalue weighted by Crippen LogP contribution is -2.48. The van der Waals surface area contributed by atoms with Gasteiger partial charge in [-0.2, -0.15) is 0 Å². The number of aliphatic hydroxyl groups excluding tert-OH is 1. The second kappa shape index (κ2) is 8.99. The average Bonchev–Trinajstić information content (AvgIpc) is 3.30. The van der Waals surface area contributed by atoms with Crippen LogP contribution >= 0.6 is 0 Å². The molecule has 0 aliphatic carbocycles. The molecule has 3 aromatic rings. The molecule has 0 saturated carbocycles. The van der Waals surface area contributed by atoms with E-state index in [1.807, 2.05) is 48.3 Å². The van der Waals surface area contributed by atoms with E-state index in [0.717, 1.165) is 28.8 Å². The highest BCUT2D eigenvalue weighted by Crippen LogP contribution is 2.49. The average molecular weight is 462 g/mol. The summed E-state index contributed by atoms with van der Waals surface area (Å²) in [6, 6.07) is 19.4. The molecular weight excluding hydrogens is 433 g/mol. The molecule has 3 aromatic carbocycles. The number of halogens is 1. The first-order chi connectivity index (χ1) is 16.5. The zero-order valence-corrected chi connectivity index (χ0v) is 19.2. The summed E-state index contributed by atoms with van der Waals surface area (Å²) in [5, 5.41) is 13.2. The van der Waals surface area contributed by atoms with E-state index in [1.165, 1.54) is 12.1 Å². The molecule has 2 N–H and O–H groups in total. The van der Waals surface area contributed by atoms with Gasteiger partial charge in [0.2, 0.25) is 0 Å². The SMILES string of the molecule is COc1ccccc1NC(=O)N1CC[C@@H]2[C@@H](CO)N(C)c3ccc(-c4ccc(F)cc4)cc3[C@@H]21. The molecule has 2 heterocycles. The molecule has 2 aliphatic rings. The number of anilines is 2. The first-order valence-corrected chi connectivity index (χ1v) is 11.5. The third-order valence-corrected chi connectivity index (χ3v) is 7.14. The first-order valence-electron chi connectivity index (χ1n) is 11.5. The number of fused-ring (bicyclic) bond motifs is 3. The standard InChI is InChI=1S/C27H28FN3O3/c1-30-23-12-9-18(17-7-10-19(28)11-8-17)15-21(23)26-20(24(30)16-32)13-14-31(26)27(33)29-22-5-3-4-6-25(22)34-2/h3-12,15,20,24,26,32H,13-14,16H2,1-2H3,(H,29,33)/t20-,24-,26-/m1/s1. The van der Waals surface area contributed by atoms with E-state index >= 15 is 0 Å². The van der Waals surface area contributed by atoms with E-state index in [0.29, 0.717) is 18.0 Å². The van der Waals surface area contributed by atoms with Crippen molar-refractivity contribution in [2.75, 3.05) is 37.5 Å². The Bertz CT molecular complexity index is 1200. The topological polar surface area (TPSA) is 65.0 Å². The van der Waals surface area contributed by atoms with Gasteiger partial charge in [-0.05, 0) is 59.5 Å². The number of amides is 2. The number of urea groups is 1. The van der Waals surface area contributed by atoms with Crippen molar-refractivity contribution in [3.05, 3.63) is 78.1 Å². The predicted octanol–water partition coefficient (Wildman–Crippen LogP) is 4.91. The Kier molecular flexibility index (Phi) is 5.87. The van der Waals surface area contributed by atoms with Crippen LogP contribution in [0.5, 0.6) is 5.75 Å². The predicted molar refractivity (Wildman–Crippen MR) is 131 cm³/mol. The minimum Gasteiger partial charge on any atom is -0.495 e. The lowest BCUT2D eigenvalue weighted by atomic mass is 9.81. The summed E-state index contributed by atoms with van der Waals surface area (Å²) >= 11 is 0. The molecule has 6 nitrogen and oxygen atoms in total. The lowest BCUT2D eigenvalue weighted by molar-refractivity contribution is 0.168. The van der Waals surface area contributed by atoms with Crippen molar-refractivity contribution in [1.29, 1.82) is 0 Å². The van der Waals surface area contributed by atoms with Crippen molar-refractivity contribution in [2.45, 2.75) is 18.5 Å². The minimum absolute atomic E-state index is 0.0127. The highest BCUT2D eigenvalue weighted by atomic mass is 19.1. The lowest BCUT2D eigenvalue weighted by Gasteiger charge is -2.44. The van der Waals surface area contributed by atoms with E-state index in [-0.39, 0.29) is 36.5 Å². The van der Waals surface area contributed by atoms with Crippen LogP contribution in [0.4, 0.5) is 20.6 Å². The number of methoxy groups -OCH3 is 1. The number of nitrogens with one attached hydrogen (secondary N) is 1. The maximum absolute atomic E-state index is 13.5. The van der Waals surface area contributed by atoms with Crippen LogP contribution in [-0.2, 0) is 0 Å². The molecule has 2 amide bonds. The molecule has 176 valence electrons. The van der Waals surface area contributed by atoms with Crippen molar-refractivity contribution < 1.29 is 19.0 Å². The van der Waals surface area contributed by atoms with Crippen LogP contribution < -0.4 is 15.0 Å². The fourth-order valence-corrected chi connectivity index (χ4v) is 5.44. The van der Waals surface area contributed by atoms with E-state index in [9.17, 15) is 14.3 Å². The van der Waals surface area contributed by atoms with E-state index in [4.69, 9.17) is 4.74 Å². The maximum Gasteiger partial charge on any atom is 0.322 e. The highest BCUT2D eigenvalue weighted by Gasteiger charge is 2.47. The summed E-state index contributed by atoms with van der Waals surface area (Å²) in [5.74, 6) is 0.416. The Balaban J connectivity index is 1.53. The van der Waals surface area contributed by atoms with Crippen LogP contribution in [0.3, 0.4) is 0 Å². The number of ether oxygens (including phenoxy) is 1. The molecule has 0 radical (unpaired) electrons. The number of likely N-dealkylation sites (N-methyl/N-ethyl adjacent to an activating group) is 1. The van der Waals surface area contributed by atoms with Crippen LogP contribution in [0.1, 0.15) is 18.0 Å². The number of hydrogen-bond acceptors (Lipinski definition) is 4. The number of likely N-dealkylation sites (tertiary alicyclic amines) is 1. The number of benzene rings is 3. The number of para-hydroxylation sites is 2. The van der Waals surface area contributed by atoms with Gasteiger partial charge in [0.25, 0.3) is 0 Å². The van der Waals surface area contributed by atoms with Crippen LogP contribution in [-0.4, -0.2) is 49.4 Å². The van der Waals surface area contributed by atoms with Gasteiger partial charge in [0.05, 0.1) is 31.5 Å². The van der Waals surface area contributed by atoms with Crippen LogP contribution in [0.15, 0.2) is 66.7 Å². The third-order valence-electron chi connectivity index (χ3n) is 7.14. The molecular formula is C27H28FN3O3. The number of rotatable bonds is 4. The van der Waals surface area contributed by atoms with Crippen LogP contribution in [0, 0.1) is 11.7 Å². The number of aliphatic hydroxyl groups is 1. The molecule has 1 saturated heterocycles. The molecule has 1 fully saturated rings. The van der Waals surface area contributed by atoms with Crippen LogP contribution in [0.25, 0.3) is 11.1 Å². The molecule has 5 rings (SSSR count). The zero-order chi connectivity index (χ0) is 23.8.